The van der Waals surface area contributed by atoms with Crippen LogP contribution in [0.4, 0.5) is 18.9 Å². The van der Waals surface area contributed by atoms with Crippen LogP contribution < -0.4 is 5.73 Å². The molecule has 0 saturated heterocycles. The van der Waals surface area contributed by atoms with Crippen molar-refractivity contribution in [3.05, 3.63) is 17.8 Å². The monoisotopic (exact) mass is 222 g/mol. The molecule has 0 fully saturated rings. The molecule has 78 valence electrons. The highest BCUT2D eigenvalue weighted by Crippen LogP contribution is 2.36. The molecule has 0 bridgehead atoms. The van der Waals surface area contributed by atoms with Gasteiger partial charge in [0.05, 0.1) is 17.4 Å². The van der Waals surface area contributed by atoms with E-state index in [1.165, 1.54) is 6.20 Å². The Morgan fingerprint density at radius 1 is 1.50 bits per heavy atom. The summed E-state index contributed by atoms with van der Waals surface area (Å²) >= 11 is 1.05. The first-order valence-corrected chi connectivity index (χ1v) is 4.89. The van der Waals surface area contributed by atoms with E-state index in [0.717, 1.165) is 17.8 Å². The summed E-state index contributed by atoms with van der Waals surface area (Å²) in [6.45, 7) is 1.77. The fourth-order valence-electron chi connectivity index (χ4n) is 0.923. The summed E-state index contributed by atoms with van der Waals surface area (Å²) in [6, 6.07) is 0.908. The van der Waals surface area contributed by atoms with Gasteiger partial charge in [0.15, 0.2) is 0 Å². The van der Waals surface area contributed by atoms with Gasteiger partial charge in [-0.25, -0.2) is 4.98 Å². The van der Waals surface area contributed by atoms with Gasteiger partial charge in [-0.2, -0.15) is 13.2 Å². The molecule has 0 radical (unpaired) electrons. The first-order chi connectivity index (χ1) is 6.45. The molecule has 0 saturated carbocycles. The normalized spacial score (nSPS) is 11.7. The highest BCUT2D eigenvalue weighted by Gasteiger charge is 2.34. The number of halogens is 3. The zero-order valence-corrected chi connectivity index (χ0v) is 8.25. The van der Waals surface area contributed by atoms with Crippen LogP contribution in [0, 0.1) is 0 Å². The summed E-state index contributed by atoms with van der Waals surface area (Å²) in [4.78, 5) is 3.65. The molecule has 0 aliphatic heterocycles. The average Bonchev–Trinajstić information content (AvgIpc) is 2.07. The third-order valence-electron chi connectivity index (χ3n) is 1.46. The van der Waals surface area contributed by atoms with Crippen LogP contribution >= 0.6 is 11.8 Å². The van der Waals surface area contributed by atoms with E-state index in [4.69, 9.17) is 5.73 Å². The number of nitrogens with two attached hydrogens (primary N) is 1. The van der Waals surface area contributed by atoms with Crippen molar-refractivity contribution in [1.82, 2.24) is 4.98 Å². The minimum atomic E-state index is -4.39. The van der Waals surface area contributed by atoms with Crippen molar-refractivity contribution >= 4 is 17.4 Å². The van der Waals surface area contributed by atoms with Gasteiger partial charge >= 0.3 is 6.18 Å². The summed E-state index contributed by atoms with van der Waals surface area (Å²) in [6.07, 6.45) is -3.16. The maximum atomic E-state index is 12.4. The zero-order valence-electron chi connectivity index (χ0n) is 7.43. The van der Waals surface area contributed by atoms with Gasteiger partial charge in [-0.3, -0.25) is 0 Å². The molecule has 6 heteroatoms. The van der Waals surface area contributed by atoms with Gasteiger partial charge in [-0.15, -0.1) is 11.8 Å². The van der Waals surface area contributed by atoms with Crippen molar-refractivity contribution in [2.75, 3.05) is 11.5 Å². The molecule has 0 spiro atoms. The summed E-state index contributed by atoms with van der Waals surface area (Å²) in [5.74, 6) is 0.542. The Morgan fingerprint density at radius 3 is 2.64 bits per heavy atom. The molecule has 1 heterocycles. The van der Waals surface area contributed by atoms with E-state index in [1.54, 1.807) is 6.92 Å². The molecule has 1 aromatic heterocycles. The van der Waals surface area contributed by atoms with E-state index in [2.05, 4.69) is 4.98 Å². The van der Waals surface area contributed by atoms with Crippen molar-refractivity contribution in [2.24, 2.45) is 0 Å². The Kier molecular flexibility index (Phi) is 3.25. The quantitative estimate of drug-likeness (QED) is 0.782. The van der Waals surface area contributed by atoms with Crippen LogP contribution in [0.5, 0.6) is 0 Å². The lowest BCUT2D eigenvalue weighted by Crippen LogP contribution is -2.09. The molecule has 2 N–H and O–H groups in total. The van der Waals surface area contributed by atoms with Crippen molar-refractivity contribution < 1.29 is 13.2 Å². The second-order valence-corrected chi connectivity index (χ2v) is 3.80. The van der Waals surface area contributed by atoms with E-state index in [0.29, 0.717) is 5.75 Å². The molecule has 14 heavy (non-hydrogen) atoms. The number of hydrogen-bond donors (Lipinski definition) is 1. The number of aromatic nitrogens is 1. The standard InChI is InChI=1S/C8H9F3N2S/c1-2-14-7-6(8(9,10)11)3-5(12)4-13-7/h3-4H,2,12H2,1H3. The van der Waals surface area contributed by atoms with Gasteiger partial charge < -0.3 is 5.73 Å². The molecule has 0 amide bonds. The van der Waals surface area contributed by atoms with Crippen LogP contribution in [0.3, 0.4) is 0 Å². The van der Waals surface area contributed by atoms with E-state index in [1.807, 2.05) is 0 Å². The maximum Gasteiger partial charge on any atom is 0.419 e. The Hall–Kier alpha value is -0.910. The smallest absolute Gasteiger partial charge is 0.397 e. The summed E-state index contributed by atoms with van der Waals surface area (Å²) in [5, 5.41) is -0.0193. The maximum absolute atomic E-state index is 12.4. The SMILES string of the molecule is CCSc1ncc(N)cc1C(F)(F)F. The number of hydrogen-bond acceptors (Lipinski definition) is 3. The molecule has 2 nitrogen and oxygen atoms in total. The molecule has 0 aliphatic rings. The Labute approximate surface area is 83.7 Å². The van der Waals surface area contributed by atoms with Crippen LogP contribution in [0.2, 0.25) is 0 Å². The van der Waals surface area contributed by atoms with Gasteiger partial charge in [0, 0.05) is 0 Å². The van der Waals surface area contributed by atoms with Crippen molar-refractivity contribution in [2.45, 2.75) is 18.1 Å². The van der Waals surface area contributed by atoms with E-state index < -0.39 is 11.7 Å². The minimum absolute atomic E-state index is 0.0193. The number of anilines is 1. The molecule has 0 aromatic carbocycles. The van der Waals surface area contributed by atoms with Gasteiger partial charge in [-0.05, 0) is 11.8 Å². The van der Waals surface area contributed by atoms with Gasteiger partial charge in [-0.1, -0.05) is 6.92 Å². The topological polar surface area (TPSA) is 38.9 Å². The van der Waals surface area contributed by atoms with Crippen LogP contribution in [0.1, 0.15) is 12.5 Å². The highest BCUT2D eigenvalue weighted by atomic mass is 32.2. The number of thioether (sulfide) groups is 1. The minimum Gasteiger partial charge on any atom is -0.397 e. The van der Waals surface area contributed by atoms with Crippen molar-refractivity contribution in [3.63, 3.8) is 0 Å². The zero-order chi connectivity index (χ0) is 10.8. The largest absolute Gasteiger partial charge is 0.419 e. The third-order valence-corrected chi connectivity index (χ3v) is 2.35. The fraction of sp³-hybridized carbons (Fsp3) is 0.375. The number of alkyl halides is 3. The molecular weight excluding hydrogens is 213 g/mol. The van der Waals surface area contributed by atoms with Gasteiger partial charge in [0.1, 0.15) is 5.03 Å². The number of nitrogens with zero attached hydrogens (tertiary/aromatic N) is 1. The molecular formula is C8H9F3N2S. The van der Waals surface area contributed by atoms with Crippen LogP contribution in [0.25, 0.3) is 0 Å². The van der Waals surface area contributed by atoms with E-state index >= 15 is 0 Å². The number of pyridine rings is 1. The van der Waals surface area contributed by atoms with Crippen molar-refractivity contribution in [3.8, 4) is 0 Å². The highest BCUT2D eigenvalue weighted by molar-refractivity contribution is 7.99. The molecule has 0 unspecified atom stereocenters. The van der Waals surface area contributed by atoms with Crippen molar-refractivity contribution in [1.29, 1.82) is 0 Å². The predicted octanol–water partition coefficient (Wildman–Crippen LogP) is 2.79. The average molecular weight is 222 g/mol. The summed E-state index contributed by atoms with van der Waals surface area (Å²) < 4.78 is 37.3. The Bertz CT molecular complexity index is 325. The van der Waals surface area contributed by atoms with Gasteiger partial charge in [0.2, 0.25) is 0 Å². The Morgan fingerprint density at radius 2 is 2.14 bits per heavy atom. The van der Waals surface area contributed by atoms with E-state index in [-0.39, 0.29) is 10.7 Å². The van der Waals surface area contributed by atoms with Crippen LogP contribution in [-0.2, 0) is 6.18 Å². The predicted molar refractivity (Wildman–Crippen MR) is 50.0 cm³/mol. The second-order valence-electron chi connectivity index (χ2n) is 2.55. The molecule has 0 atom stereocenters. The second kappa shape index (κ2) is 4.08. The lowest BCUT2D eigenvalue weighted by atomic mass is 10.2. The fourth-order valence-corrected chi connectivity index (χ4v) is 1.65. The first-order valence-electron chi connectivity index (χ1n) is 3.90. The number of rotatable bonds is 2. The summed E-state index contributed by atoms with van der Waals surface area (Å²) in [5.41, 5.74) is 4.51. The third kappa shape index (κ3) is 2.54. The van der Waals surface area contributed by atoms with Crippen LogP contribution in [0.15, 0.2) is 17.3 Å². The lowest BCUT2D eigenvalue weighted by molar-refractivity contribution is -0.140. The first kappa shape index (κ1) is 11.2. The molecule has 1 aromatic rings. The van der Waals surface area contributed by atoms with Crippen LogP contribution in [-0.4, -0.2) is 10.7 Å². The Balaban J connectivity index is 3.16. The summed E-state index contributed by atoms with van der Waals surface area (Å²) in [7, 11) is 0. The van der Waals surface area contributed by atoms with Gasteiger partial charge in [0.25, 0.3) is 0 Å². The molecule has 1 rings (SSSR count). The molecule has 0 aliphatic carbocycles. The number of nitrogen functional groups attached to an aromatic ring is 1. The van der Waals surface area contributed by atoms with E-state index in [9.17, 15) is 13.2 Å². The lowest BCUT2D eigenvalue weighted by Gasteiger charge is -2.11.